The van der Waals surface area contributed by atoms with Gasteiger partial charge in [0.1, 0.15) is 6.04 Å². The van der Waals surface area contributed by atoms with Crippen molar-refractivity contribution in [3.05, 3.63) is 36.2 Å². The molecule has 0 aliphatic carbocycles. The Morgan fingerprint density at radius 1 is 1.30 bits per heavy atom. The van der Waals surface area contributed by atoms with Crippen LogP contribution in [0.1, 0.15) is 16.8 Å². The number of fused-ring (bicyclic) bond motifs is 1. The van der Waals surface area contributed by atoms with Crippen molar-refractivity contribution < 1.29 is 24.6 Å². The number of amides is 1. The van der Waals surface area contributed by atoms with E-state index in [2.05, 4.69) is 10.4 Å². The average Bonchev–Trinajstić information content (AvgIpc) is 2.81. The van der Waals surface area contributed by atoms with Crippen LogP contribution in [0.15, 0.2) is 30.6 Å². The number of hydrogen-bond donors (Lipinski definition) is 3. The molecule has 0 fully saturated rings. The highest BCUT2D eigenvalue weighted by Gasteiger charge is 2.24. The van der Waals surface area contributed by atoms with Crippen LogP contribution in [0.25, 0.3) is 5.52 Å². The monoisotopic (exact) mass is 277 g/mol. The number of pyridine rings is 1. The Labute approximate surface area is 112 Å². The molecule has 1 atom stereocenters. The van der Waals surface area contributed by atoms with Gasteiger partial charge in [-0.3, -0.25) is 9.59 Å². The summed E-state index contributed by atoms with van der Waals surface area (Å²) in [5.74, 6) is -3.39. The van der Waals surface area contributed by atoms with Gasteiger partial charge in [-0.05, 0) is 12.1 Å². The van der Waals surface area contributed by atoms with Crippen molar-refractivity contribution in [2.45, 2.75) is 12.5 Å². The molecule has 0 saturated heterocycles. The first-order valence-corrected chi connectivity index (χ1v) is 5.67. The molecule has 2 rings (SSSR count). The average molecular weight is 277 g/mol. The van der Waals surface area contributed by atoms with E-state index in [0.717, 1.165) is 0 Å². The van der Waals surface area contributed by atoms with Crippen molar-refractivity contribution in [2.24, 2.45) is 0 Å². The molecule has 0 saturated carbocycles. The largest absolute Gasteiger partial charge is 0.481 e. The molecule has 0 spiro atoms. The van der Waals surface area contributed by atoms with Gasteiger partial charge in [0, 0.05) is 6.20 Å². The van der Waals surface area contributed by atoms with Gasteiger partial charge < -0.3 is 15.5 Å². The van der Waals surface area contributed by atoms with Gasteiger partial charge in [0.2, 0.25) is 0 Å². The zero-order chi connectivity index (χ0) is 14.7. The zero-order valence-electron chi connectivity index (χ0n) is 10.2. The number of carbonyl (C=O) groups excluding carboxylic acids is 1. The van der Waals surface area contributed by atoms with E-state index in [9.17, 15) is 14.4 Å². The Bertz CT molecular complexity index is 679. The van der Waals surface area contributed by atoms with Gasteiger partial charge in [-0.25, -0.2) is 9.31 Å². The summed E-state index contributed by atoms with van der Waals surface area (Å²) >= 11 is 0. The number of hydrogen-bond acceptors (Lipinski definition) is 4. The summed E-state index contributed by atoms with van der Waals surface area (Å²) in [6, 6.07) is 3.60. The third kappa shape index (κ3) is 2.74. The minimum Gasteiger partial charge on any atom is -0.481 e. The van der Waals surface area contributed by atoms with Crippen LogP contribution in [0.5, 0.6) is 0 Å². The quantitative estimate of drug-likeness (QED) is 0.707. The van der Waals surface area contributed by atoms with E-state index in [1.165, 1.54) is 10.7 Å². The third-order valence-electron chi connectivity index (χ3n) is 2.65. The Morgan fingerprint density at radius 2 is 2.05 bits per heavy atom. The summed E-state index contributed by atoms with van der Waals surface area (Å²) in [7, 11) is 0. The van der Waals surface area contributed by atoms with Crippen LogP contribution in [0.2, 0.25) is 0 Å². The predicted octanol–water partition coefficient (Wildman–Crippen LogP) is -0.00800. The Hall–Kier alpha value is -2.90. The maximum absolute atomic E-state index is 12.0. The van der Waals surface area contributed by atoms with E-state index in [0.29, 0.717) is 5.52 Å². The number of aromatic nitrogens is 2. The van der Waals surface area contributed by atoms with Gasteiger partial charge in [-0.1, -0.05) is 6.07 Å². The van der Waals surface area contributed by atoms with Gasteiger partial charge in [-0.2, -0.15) is 5.10 Å². The van der Waals surface area contributed by atoms with Crippen molar-refractivity contribution in [3.63, 3.8) is 0 Å². The molecular formula is C12H11N3O5. The van der Waals surface area contributed by atoms with Gasteiger partial charge in [0.05, 0.1) is 23.7 Å². The van der Waals surface area contributed by atoms with Crippen LogP contribution in [0.3, 0.4) is 0 Å². The molecule has 3 N–H and O–H groups in total. The number of carboxylic acids is 2. The van der Waals surface area contributed by atoms with Gasteiger partial charge in [-0.15, -0.1) is 0 Å². The smallest absolute Gasteiger partial charge is 0.326 e. The Kier molecular flexibility index (Phi) is 3.65. The molecule has 104 valence electrons. The van der Waals surface area contributed by atoms with Crippen LogP contribution in [-0.4, -0.2) is 43.7 Å². The van der Waals surface area contributed by atoms with Crippen molar-refractivity contribution in [1.82, 2.24) is 14.9 Å². The molecule has 0 aliphatic rings. The number of rotatable bonds is 5. The molecule has 0 bridgehead atoms. The summed E-state index contributed by atoms with van der Waals surface area (Å²) in [5, 5.41) is 23.6. The maximum Gasteiger partial charge on any atom is 0.326 e. The fourth-order valence-electron chi connectivity index (χ4n) is 1.72. The highest BCUT2D eigenvalue weighted by Crippen LogP contribution is 2.10. The molecule has 0 aromatic carbocycles. The van der Waals surface area contributed by atoms with Crippen molar-refractivity contribution in [2.75, 3.05) is 0 Å². The lowest BCUT2D eigenvalue weighted by Gasteiger charge is -2.11. The van der Waals surface area contributed by atoms with Crippen LogP contribution in [0, 0.1) is 0 Å². The van der Waals surface area contributed by atoms with E-state index in [4.69, 9.17) is 10.2 Å². The standard InChI is InChI=1S/C12H11N3O5/c16-10(17)5-8(12(19)20)14-11(18)7-6-13-15-4-2-1-3-9(7)15/h1-4,6,8H,5H2,(H,14,18)(H,16,17)(H,19,20)/t8-/m0/s1. The van der Waals surface area contributed by atoms with Crippen LogP contribution >= 0.6 is 0 Å². The van der Waals surface area contributed by atoms with E-state index in [1.807, 2.05) is 0 Å². The fraction of sp³-hybridized carbons (Fsp3) is 0.167. The third-order valence-corrected chi connectivity index (χ3v) is 2.65. The zero-order valence-corrected chi connectivity index (χ0v) is 10.2. The summed E-state index contributed by atoms with van der Waals surface area (Å²) < 4.78 is 1.46. The molecule has 2 heterocycles. The normalized spacial score (nSPS) is 12.0. The summed E-state index contributed by atoms with van der Waals surface area (Å²) in [4.78, 5) is 33.5. The minimum atomic E-state index is -1.49. The topological polar surface area (TPSA) is 121 Å². The fourth-order valence-corrected chi connectivity index (χ4v) is 1.72. The second-order valence-electron chi connectivity index (χ2n) is 4.05. The number of nitrogens with one attached hydrogen (secondary N) is 1. The lowest BCUT2D eigenvalue weighted by Crippen LogP contribution is -2.42. The molecule has 8 heteroatoms. The van der Waals surface area contributed by atoms with Gasteiger partial charge >= 0.3 is 11.9 Å². The number of carbonyl (C=O) groups is 3. The lowest BCUT2D eigenvalue weighted by molar-refractivity contribution is -0.145. The minimum absolute atomic E-state index is 0.183. The Balaban J connectivity index is 2.22. The SMILES string of the molecule is O=C(O)C[C@H](NC(=O)c1cnn2ccccc12)C(=O)O. The molecule has 8 nitrogen and oxygen atoms in total. The highest BCUT2D eigenvalue weighted by molar-refractivity contribution is 6.02. The summed E-state index contributed by atoms with van der Waals surface area (Å²) in [6.45, 7) is 0. The van der Waals surface area contributed by atoms with Crippen molar-refractivity contribution in [3.8, 4) is 0 Å². The molecule has 0 aliphatic heterocycles. The van der Waals surface area contributed by atoms with E-state index in [1.54, 1.807) is 24.4 Å². The lowest BCUT2D eigenvalue weighted by atomic mass is 10.2. The molecule has 0 unspecified atom stereocenters. The molecule has 20 heavy (non-hydrogen) atoms. The number of aliphatic carboxylic acids is 2. The van der Waals surface area contributed by atoms with Crippen LogP contribution in [-0.2, 0) is 9.59 Å². The predicted molar refractivity (Wildman–Crippen MR) is 66.3 cm³/mol. The van der Waals surface area contributed by atoms with Crippen molar-refractivity contribution >= 4 is 23.4 Å². The molecule has 2 aromatic heterocycles. The highest BCUT2D eigenvalue weighted by atomic mass is 16.4. The van der Waals surface area contributed by atoms with Crippen molar-refractivity contribution in [1.29, 1.82) is 0 Å². The number of carboxylic acid groups (broad SMARTS) is 2. The summed E-state index contributed by atoms with van der Waals surface area (Å²) in [5.41, 5.74) is 0.687. The Morgan fingerprint density at radius 3 is 2.70 bits per heavy atom. The van der Waals surface area contributed by atoms with E-state index in [-0.39, 0.29) is 5.56 Å². The van der Waals surface area contributed by atoms with E-state index < -0.39 is 30.3 Å². The van der Waals surface area contributed by atoms with Crippen LogP contribution in [0.4, 0.5) is 0 Å². The first-order valence-electron chi connectivity index (χ1n) is 5.67. The molecule has 0 radical (unpaired) electrons. The van der Waals surface area contributed by atoms with E-state index >= 15 is 0 Å². The summed E-state index contributed by atoms with van der Waals surface area (Å²) in [6.07, 6.45) is 2.24. The maximum atomic E-state index is 12.0. The first-order chi connectivity index (χ1) is 9.49. The molecule has 2 aromatic rings. The van der Waals surface area contributed by atoms with Gasteiger partial charge in [0.15, 0.2) is 0 Å². The first kappa shape index (κ1) is 13.5. The van der Waals surface area contributed by atoms with Crippen LogP contribution < -0.4 is 5.32 Å². The second kappa shape index (κ2) is 5.39. The molecular weight excluding hydrogens is 266 g/mol. The molecule has 1 amide bonds. The second-order valence-corrected chi connectivity index (χ2v) is 4.05. The number of nitrogens with zero attached hydrogens (tertiary/aromatic N) is 2. The van der Waals surface area contributed by atoms with Gasteiger partial charge in [0.25, 0.3) is 5.91 Å².